The van der Waals surface area contributed by atoms with Gasteiger partial charge in [0.25, 0.3) is 5.91 Å². The number of nitrogens with zero attached hydrogens (tertiary/aromatic N) is 1. The van der Waals surface area contributed by atoms with Crippen LogP contribution in [-0.2, 0) is 7.05 Å². The first-order valence-electron chi connectivity index (χ1n) is 5.28. The van der Waals surface area contributed by atoms with Crippen molar-refractivity contribution in [1.82, 2.24) is 0 Å². The summed E-state index contributed by atoms with van der Waals surface area (Å²) in [6.07, 6.45) is 3.60. The van der Waals surface area contributed by atoms with Crippen LogP contribution in [0.25, 0.3) is 0 Å². The van der Waals surface area contributed by atoms with E-state index in [9.17, 15) is 4.79 Å². The highest BCUT2D eigenvalue weighted by atomic mass is 35.5. The molecule has 0 fully saturated rings. The van der Waals surface area contributed by atoms with Crippen LogP contribution in [0.15, 0.2) is 42.7 Å². The molecule has 0 saturated heterocycles. The van der Waals surface area contributed by atoms with Gasteiger partial charge in [0, 0.05) is 11.8 Å². The number of aromatic nitrogens is 1. The van der Waals surface area contributed by atoms with E-state index in [1.54, 1.807) is 30.5 Å². The molecule has 3 nitrogen and oxygen atoms in total. The molecule has 0 aliphatic heterocycles. The summed E-state index contributed by atoms with van der Waals surface area (Å²) in [5, 5.41) is 3.63. The standard InChI is InChI=1S/C13H10Cl2N2O/c1-17-6-2-3-9(8-17)13(18)16-10-4-5-11(14)12(15)7-10/h2-8H,1H3/p+1. The Kier molecular flexibility index (Phi) is 3.84. The maximum Gasteiger partial charge on any atom is 0.261 e. The highest BCUT2D eigenvalue weighted by Gasteiger charge is 2.10. The van der Waals surface area contributed by atoms with Crippen LogP contribution in [0, 0.1) is 0 Å². The molecule has 1 aromatic heterocycles. The molecule has 1 amide bonds. The van der Waals surface area contributed by atoms with Crippen LogP contribution < -0.4 is 9.88 Å². The SMILES string of the molecule is C[n+]1cccc(C(=O)Nc2ccc(Cl)c(Cl)c2)c1. The van der Waals surface area contributed by atoms with Gasteiger partial charge in [0.2, 0.25) is 0 Å². The number of anilines is 1. The molecule has 1 N–H and O–H groups in total. The number of carbonyl (C=O) groups is 1. The summed E-state index contributed by atoms with van der Waals surface area (Å²) in [6, 6.07) is 8.51. The van der Waals surface area contributed by atoms with Gasteiger partial charge in [0.15, 0.2) is 12.4 Å². The van der Waals surface area contributed by atoms with Crippen molar-refractivity contribution in [3.05, 3.63) is 58.3 Å². The molecule has 0 aliphatic rings. The number of benzene rings is 1. The second-order valence-corrected chi connectivity index (χ2v) is 4.66. The van der Waals surface area contributed by atoms with Crippen molar-refractivity contribution < 1.29 is 9.36 Å². The first-order chi connectivity index (χ1) is 8.56. The molecular weight excluding hydrogens is 271 g/mol. The lowest BCUT2D eigenvalue weighted by atomic mass is 10.2. The Morgan fingerprint density at radius 1 is 1.22 bits per heavy atom. The molecule has 5 heteroatoms. The van der Waals surface area contributed by atoms with Crippen LogP contribution in [0.5, 0.6) is 0 Å². The smallest absolute Gasteiger partial charge is 0.261 e. The topological polar surface area (TPSA) is 33.0 Å². The number of pyridine rings is 1. The van der Waals surface area contributed by atoms with E-state index in [2.05, 4.69) is 5.32 Å². The van der Waals surface area contributed by atoms with Gasteiger partial charge in [-0.05, 0) is 24.3 Å². The molecule has 2 aromatic rings. The monoisotopic (exact) mass is 281 g/mol. The molecule has 0 saturated carbocycles. The van der Waals surface area contributed by atoms with Crippen molar-refractivity contribution in [1.29, 1.82) is 0 Å². The summed E-state index contributed by atoms with van der Waals surface area (Å²) in [5.41, 5.74) is 1.19. The molecule has 18 heavy (non-hydrogen) atoms. The van der Waals surface area contributed by atoms with Gasteiger partial charge in [-0.25, -0.2) is 4.57 Å². The molecule has 2 rings (SSSR count). The molecule has 0 aliphatic carbocycles. The fourth-order valence-electron chi connectivity index (χ4n) is 1.50. The molecule has 0 spiro atoms. The first-order valence-corrected chi connectivity index (χ1v) is 6.03. The number of hydrogen-bond donors (Lipinski definition) is 1. The van der Waals surface area contributed by atoms with Crippen molar-refractivity contribution >= 4 is 34.8 Å². The number of hydrogen-bond acceptors (Lipinski definition) is 1. The zero-order valence-electron chi connectivity index (χ0n) is 9.65. The summed E-state index contributed by atoms with van der Waals surface area (Å²) < 4.78 is 1.81. The van der Waals surface area contributed by atoms with Crippen molar-refractivity contribution in [2.24, 2.45) is 7.05 Å². The Labute approximate surface area is 115 Å². The minimum atomic E-state index is -0.190. The van der Waals surface area contributed by atoms with Gasteiger partial charge < -0.3 is 5.32 Å². The lowest BCUT2D eigenvalue weighted by Gasteiger charge is -2.05. The fourth-order valence-corrected chi connectivity index (χ4v) is 1.80. The third kappa shape index (κ3) is 3.00. The molecule has 0 atom stereocenters. The van der Waals surface area contributed by atoms with Crippen molar-refractivity contribution in [2.75, 3.05) is 5.32 Å². The third-order valence-corrected chi connectivity index (χ3v) is 3.12. The average molecular weight is 282 g/mol. The van der Waals surface area contributed by atoms with E-state index in [0.29, 0.717) is 21.3 Å². The predicted molar refractivity (Wildman–Crippen MR) is 72.0 cm³/mol. The Bertz CT molecular complexity index is 599. The normalized spacial score (nSPS) is 10.2. The Balaban J connectivity index is 2.18. The summed E-state index contributed by atoms with van der Waals surface area (Å²) in [5.74, 6) is -0.190. The summed E-state index contributed by atoms with van der Waals surface area (Å²) in [4.78, 5) is 12.0. The molecule has 1 heterocycles. The van der Waals surface area contributed by atoms with Crippen LogP contribution in [0.1, 0.15) is 10.4 Å². The highest BCUT2D eigenvalue weighted by Crippen LogP contribution is 2.25. The lowest BCUT2D eigenvalue weighted by Crippen LogP contribution is -2.28. The molecule has 0 bridgehead atoms. The second kappa shape index (κ2) is 5.38. The molecule has 1 aromatic carbocycles. The van der Waals surface area contributed by atoms with E-state index in [4.69, 9.17) is 23.2 Å². The van der Waals surface area contributed by atoms with Gasteiger partial charge in [-0.1, -0.05) is 23.2 Å². The van der Waals surface area contributed by atoms with Gasteiger partial charge in [0.1, 0.15) is 12.6 Å². The first kappa shape index (κ1) is 12.9. The summed E-state index contributed by atoms with van der Waals surface area (Å²) >= 11 is 11.7. The van der Waals surface area contributed by atoms with Crippen molar-refractivity contribution in [3.63, 3.8) is 0 Å². The van der Waals surface area contributed by atoms with Crippen molar-refractivity contribution in [2.45, 2.75) is 0 Å². The fraction of sp³-hybridized carbons (Fsp3) is 0.0769. The van der Waals surface area contributed by atoms with E-state index in [0.717, 1.165) is 0 Å². The van der Waals surface area contributed by atoms with Gasteiger partial charge in [-0.15, -0.1) is 0 Å². The van der Waals surface area contributed by atoms with Gasteiger partial charge >= 0.3 is 0 Å². The summed E-state index contributed by atoms with van der Waals surface area (Å²) in [6.45, 7) is 0. The van der Waals surface area contributed by atoms with Crippen LogP contribution in [0.3, 0.4) is 0 Å². The van der Waals surface area contributed by atoms with Gasteiger partial charge in [-0.3, -0.25) is 4.79 Å². The number of aryl methyl sites for hydroxylation is 1. The van der Waals surface area contributed by atoms with E-state index in [1.807, 2.05) is 23.9 Å². The summed E-state index contributed by atoms with van der Waals surface area (Å²) in [7, 11) is 1.86. The van der Waals surface area contributed by atoms with Gasteiger partial charge in [-0.2, -0.15) is 0 Å². The molecule has 0 unspecified atom stereocenters. The van der Waals surface area contributed by atoms with E-state index < -0.39 is 0 Å². The maximum atomic E-state index is 12.0. The average Bonchev–Trinajstić information content (AvgIpc) is 2.34. The molecule has 92 valence electrons. The number of amides is 1. The molecule has 0 radical (unpaired) electrons. The number of nitrogens with one attached hydrogen (secondary N) is 1. The quantitative estimate of drug-likeness (QED) is 0.844. The largest absolute Gasteiger partial charge is 0.322 e. The minimum absolute atomic E-state index is 0.190. The zero-order valence-corrected chi connectivity index (χ0v) is 11.2. The van der Waals surface area contributed by atoms with Crippen molar-refractivity contribution in [3.8, 4) is 0 Å². The minimum Gasteiger partial charge on any atom is -0.322 e. The number of halogens is 2. The predicted octanol–water partition coefficient (Wildman–Crippen LogP) is 3.07. The van der Waals surface area contributed by atoms with E-state index in [1.165, 1.54) is 0 Å². The maximum absolute atomic E-state index is 12.0. The third-order valence-electron chi connectivity index (χ3n) is 2.38. The highest BCUT2D eigenvalue weighted by molar-refractivity contribution is 6.42. The number of carbonyl (C=O) groups excluding carboxylic acids is 1. The Morgan fingerprint density at radius 3 is 2.67 bits per heavy atom. The lowest BCUT2D eigenvalue weighted by molar-refractivity contribution is -0.671. The Morgan fingerprint density at radius 2 is 2.00 bits per heavy atom. The van der Waals surface area contributed by atoms with Crippen LogP contribution >= 0.6 is 23.2 Å². The Hall–Kier alpha value is -1.58. The van der Waals surface area contributed by atoms with E-state index in [-0.39, 0.29) is 5.91 Å². The van der Waals surface area contributed by atoms with Crippen LogP contribution in [0.2, 0.25) is 10.0 Å². The van der Waals surface area contributed by atoms with Crippen LogP contribution in [-0.4, -0.2) is 5.91 Å². The van der Waals surface area contributed by atoms with E-state index >= 15 is 0 Å². The molecular formula is C13H11Cl2N2O+. The van der Waals surface area contributed by atoms with Gasteiger partial charge in [0.05, 0.1) is 10.0 Å². The number of rotatable bonds is 2. The second-order valence-electron chi connectivity index (χ2n) is 3.84. The van der Waals surface area contributed by atoms with Crippen LogP contribution in [0.4, 0.5) is 5.69 Å². The zero-order chi connectivity index (χ0) is 13.1.